The largest absolute Gasteiger partial charge is 0.508 e. The van der Waals surface area contributed by atoms with Crippen molar-refractivity contribution in [2.24, 2.45) is 0 Å². The first kappa shape index (κ1) is 18.7. The van der Waals surface area contributed by atoms with Crippen molar-refractivity contribution in [3.05, 3.63) is 59.2 Å². The van der Waals surface area contributed by atoms with Crippen LogP contribution in [0, 0.1) is 13.8 Å². The van der Waals surface area contributed by atoms with Crippen LogP contribution in [0.1, 0.15) is 41.9 Å². The number of amides is 2. The van der Waals surface area contributed by atoms with Gasteiger partial charge in [0.05, 0.1) is 18.2 Å². The number of carbonyl (C=O) groups is 2. The van der Waals surface area contributed by atoms with E-state index < -0.39 is 0 Å². The number of benzene rings is 2. The summed E-state index contributed by atoms with van der Waals surface area (Å²) >= 11 is 0. The lowest BCUT2D eigenvalue weighted by Crippen LogP contribution is -2.45. The van der Waals surface area contributed by atoms with E-state index >= 15 is 0 Å². The summed E-state index contributed by atoms with van der Waals surface area (Å²) in [7, 11) is 0. The van der Waals surface area contributed by atoms with Crippen molar-refractivity contribution in [2.45, 2.75) is 45.1 Å². The van der Waals surface area contributed by atoms with Gasteiger partial charge in [-0.25, -0.2) is 4.90 Å². The molecule has 2 aliphatic heterocycles. The lowest BCUT2D eigenvalue weighted by Gasteiger charge is -2.35. The topological polar surface area (TPSA) is 60.9 Å². The van der Waals surface area contributed by atoms with E-state index in [0.29, 0.717) is 5.92 Å². The highest BCUT2D eigenvalue weighted by molar-refractivity contribution is 6.23. The van der Waals surface area contributed by atoms with Crippen molar-refractivity contribution in [1.29, 1.82) is 0 Å². The van der Waals surface area contributed by atoms with Gasteiger partial charge in [-0.1, -0.05) is 30.3 Å². The van der Waals surface area contributed by atoms with Crippen molar-refractivity contribution in [2.75, 3.05) is 18.0 Å². The van der Waals surface area contributed by atoms with Crippen LogP contribution in [0.25, 0.3) is 0 Å². The van der Waals surface area contributed by atoms with Crippen LogP contribution in [0.15, 0.2) is 42.5 Å². The number of phenols is 1. The summed E-state index contributed by atoms with van der Waals surface area (Å²) in [6.07, 6.45) is 2.16. The minimum absolute atomic E-state index is 0.0921. The third-order valence-electron chi connectivity index (χ3n) is 6.12. The number of aryl methyl sites for hydroxylation is 2. The number of hydrogen-bond donors (Lipinski definition) is 1. The molecule has 5 heteroatoms. The number of phenolic OH excluding ortho intramolecular Hbond substituents is 1. The fraction of sp³-hybridized carbons (Fsp3) is 0.391. The molecular formula is C23H26N2O3. The Morgan fingerprint density at radius 2 is 1.54 bits per heavy atom. The second kappa shape index (κ2) is 7.40. The SMILES string of the molecule is Cc1cccc(C)c1N1C(=O)C[C@@H](N2CCC(c3ccc(O)cc3)CC2)C1=O. The van der Waals surface area contributed by atoms with Gasteiger partial charge in [0.2, 0.25) is 5.91 Å². The summed E-state index contributed by atoms with van der Waals surface area (Å²) in [6.45, 7) is 5.49. The Morgan fingerprint density at radius 1 is 0.929 bits per heavy atom. The fourth-order valence-electron chi connectivity index (χ4n) is 4.59. The normalized spacial score (nSPS) is 21.5. The molecule has 2 saturated heterocycles. The van der Waals surface area contributed by atoms with Crippen LogP contribution >= 0.6 is 0 Å². The van der Waals surface area contributed by atoms with Gasteiger partial charge in [0.25, 0.3) is 5.91 Å². The number of hydrogen-bond acceptors (Lipinski definition) is 4. The Morgan fingerprint density at radius 3 is 2.14 bits per heavy atom. The van der Waals surface area contributed by atoms with E-state index in [9.17, 15) is 14.7 Å². The number of carbonyl (C=O) groups excluding carboxylic acids is 2. The van der Waals surface area contributed by atoms with Crippen LogP contribution in [0.4, 0.5) is 5.69 Å². The van der Waals surface area contributed by atoms with E-state index in [-0.39, 0.29) is 30.0 Å². The molecule has 4 rings (SSSR count). The molecule has 0 saturated carbocycles. The van der Waals surface area contributed by atoms with E-state index in [1.165, 1.54) is 10.5 Å². The van der Waals surface area contributed by atoms with Gasteiger partial charge in [0, 0.05) is 0 Å². The van der Waals surface area contributed by atoms with Gasteiger partial charge in [0.1, 0.15) is 5.75 Å². The predicted molar refractivity (Wildman–Crippen MR) is 108 cm³/mol. The molecule has 28 heavy (non-hydrogen) atoms. The van der Waals surface area contributed by atoms with Crippen molar-refractivity contribution >= 4 is 17.5 Å². The fourth-order valence-corrected chi connectivity index (χ4v) is 4.59. The Labute approximate surface area is 165 Å². The molecule has 0 bridgehead atoms. The molecule has 2 aromatic carbocycles. The molecule has 0 spiro atoms. The molecule has 0 aromatic heterocycles. The Balaban J connectivity index is 1.47. The molecule has 2 aliphatic rings. The van der Waals surface area contributed by atoms with Gasteiger partial charge in [-0.2, -0.15) is 0 Å². The first-order chi connectivity index (χ1) is 13.5. The summed E-state index contributed by atoms with van der Waals surface area (Å²) in [5.41, 5.74) is 3.88. The summed E-state index contributed by atoms with van der Waals surface area (Å²) in [5.74, 6) is 0.514. The van der Waals surface area contributed by atoms with Crippen LogP contribution in [-0.2, 0) is 9.59 Å². The second-order valence-electron chi connectivity index (χ2n) is 7.93. The number of nitrogens with zero attached hydrogens (tertiary/aromatic N) is 2. The van der Waals surface area contributed by atoms with Crippen LogP contribution in [0.2, 0.25) is 0 Å². The van der Waals surface area contributed by atoms with Crippen LogP contribution < -0.4 is 4.90 Å². The van der Waals surface area contributed by atoms with Crippen molar-refractivity contribution in [1.82, 2.24) is 4.90 Å². The Hall–Kier alpha value is -2.66. The number of piperidine rings is 1. The molecule has 2 amide bonds. The van der Waals surface area contributed by atoms with Crippen molar-refractivity contribution in [3.63, 3.8) is 0 Å². The molecule has 2 aromatic rings. The van der Waals surface area contributed by atoms with Gasteiger partial charge >= 0.3 is 0 Å². The quantitative estimate of drug-likeness (QED) is 0.830. The summed E-state index contributed by atoms with van der Waals surface area (Å²) < 4.78 is 0. The molecule has 2 heterocycles. The van der Waals surface area contributed by atoms with E-state index in [1.54, 1.807) is 12.1 Å². The highest BCUT2D eigenvalue weighted by Crippen LogP contribution is 2.34. The average molecular weight is 378 g/mol. The van der Waals surface area contributed by atoms with E-state index in [0.717, 1.165) is 42.7 Å². The highest BCUT2D eigenvalue weighted by atomic mass is 16.3. The Kier molecular flexibility index (Phi) is 4.94. The number of aromatic hydroxyl groups is 1. The van der Waals surface area contributed by atoms with Crippen molar-refractivity contribution in [3.8, 4) is 5.75 Å². The lowest BCUT2D eigenvalue weighted by molar-refractivity contribution is -0.123. The van der Waals surface area contributed by atoms with Crippen LogP contribution in [0.3, 0.4) is 0 Å². The maximum Gasteiger partial charge on any atom is 0.251 e. The van der Waals surface area contributed by atoms with E-state index in [4.69, 9.17) is 0 Å². The molecule has 1 N–H and O–H groups in total. The molecular weight excluding hydrogens is 352 g/mol. The van der Waals surface area contributed by atoms with Crippen LogP contribution in [0.5, 0.6) is 5.75 Å². The first-order valence-corrected chi connectivity index (χ1v) is 9.91. The number of rotatable bonds is 3. The molecule has 146 valence electrons. The van der Waals surface area contributed by atoms with E-state index in [2.05, 4.69) is 4.90 Å². The highest BCUT2D eigenvalue weighted by Gasteiger charge is 2.44. The molecule has 0 radical (unpaired) electrons. The Bertz CT molecular complexity index is 878. The average Bonchev–Trinajstić information content (AvgIpc) is 2.97. The smallest absolute Gasteiger partial charge is 0.251 e. The van der Waals surface area contributed by atoms with E-state index in [1.807, 2.05) is 44.2 Å². The zero-order valence-corrected chi connectivity index (χ0v) is 16.4. The lowest BCUT2D eigenvalue weighted by atomic mass is 9.88. The minimum Gasteiger partial charge on any atom is -0.508 e. The van der Waals surface area contributed by atoms with Crippen LogP contribution in [-0.4, -0.2) is 41.0 Å². The number of likely N-dealkylation sites (tertiary alicyclic amines) is 1. The molecule has 2 fully saturated rings. The summed E-state index contributed by atoms with van der Waals surface area (Å²) in [5, 5.41) is 9.47. The number of imide groups is 1. The van der Waals surface area contributed by atoms with Gasteiger partial charge < -0.3 is 5.11 Å². The number of para-hydroxylation sites is 1. The molecule has 0 aliphatic carbocycles. The molecule has 0 unspecified atom stereocenters. The first-order valence-electron chi connectivity index (χ1n) is 9.91. The number of anilines is 1. The third-order valence-corrected chi connectivity index (χ3v) is 6.12. The maximum atomic E-state index is 13.1. The summed E-state index contributed by atoms with van der Waals surface area (Å²) in [6, 6.07) is 12.9. The zero-order chi connectivity index (χ0) is 19.8. The molecule has 5 nitrogen and oxygen atoms in total. The monoisotopic (exact) mass is 378 g/mol. The minimum atomic E-state index is -0.354. The van der Waals surface area contributed by atoms with Crippen molar-refractivity contribution < 1.29 is 14.7 Å². The maximum absolute atomic E-state index is 13.1. The van der Waals surface area contributed by atoms with Gasteiger partial charge in [-0.05, 0) is 74.5 Å². The second-order valence-corrected chi connectivity index (χ2v) is 7.93. The standard InChI is InChI=1S/C23H26N2O3/c1-15-4-3-5-16(2)22(15)25-21(27)14-20(23(25)28)24-12-10-18(11-13-24)17-6-8-19(26)9-7-17/h3-9,18,20,26H,10-14H2,1-2H3/t20-/m1/s1. The predicted octanol–water partition coefficient (Wildman–Crippen LogP) is 3.52. The van der Waals surface area contributed by atoms with Gasteiger partial charge in [-0.15, -0.1) is 0 Å². The van der Waals surface area contributed by atoms with Gasteiger partial charge in [-0.3, -0.25) is 14.5 Å². The zero-order valence-electron chi connectivity index (χ0n) is 16.4. The summed E-state index contributed by atoms with van der Waals surface area (Å²) in [4.78, 5) is 29.4. The van der Waals surface area contributed by atoms with Gasteiger partial charge in [0.15, 0.2) is 0 Å². The third kappa shape index (κ3) is 3.31. The molecule has 1 atom stereocenters.